The van der Waals surface area contributed by atoms with Crippen molar-refractivity contribution in [2.75, 3.05) is 0 Å². The van der Waals surface area contributed by atoms with Crippen molar-refractivity contribution in [3.8, 4) is 5.75 Å². The van der Waals surface area contributed by atoms with Gasteiger partial charge in [-0.1, -0.05) is 23.2 Å². The molecule has 2 rings (SSSR count). The molecule has 0 heterocycles. The third-order valence-electron chi connectivity index (χ3n) is 2.25. The molecule has 0 saturated heterocycles. The largest absolute Gasteiger partial charge is 0.507 e. The summed E-state index contributed by atoms with van der Waals surface area (Å²) in [5, 5.41) is 10.1. The number of aliphatic imine (C=N–C) groups is 1. The smallest absolute Gasteiger partial charge is 0.141 e. The first-order chi connectivity index (χ1) is 8.56. The number of halogens is 3. The van der Waals surface area contributed by atoms with Crippen LogP contribution in [0.15, 0.2) is 41.4 Å². The maximum Gasteiger partial charge on any atom is 0.141 e. The minimum Gasteiger partial charge on any atom is -0.507 e. The molecule has 0 fully saturated rings. The highest BCUT2D eigenvalue weighted by Gasteiger charge is 2.01. The number of aromatic hydroxyl groups is 1. The third kappa shape index (κ3) is 3.00. The molecule has 0 saturated carbocycles. The zero-order chi connectivity index (χ0) is 13.1. The minimum atomic E-state index is -0.499. The molecule has 2 aromatic carbocycles. The standard InChI is InChI=1S/C13H8Cl2FNO/c14-9-1-4-13(18)8(5-9)7-17-10-2-3-12(16)11(15)6-10/h1-7,18H. The quantitative estimate of drug-likeness (QED) is 0.804. The van der Waals surface area contributed by atoms with E-state index < -0.39 is 5.82 Å². The van der Waals surface area contributed by atoms with Crippen LogP contribution in [0.1, 0.15) is 5.56 Å². The van der Waals surface area contributed by atoms with Gasteiger partial charge in [-0.2, -0.15) is 0 Å². The zero-order valence-electron chi connectivity index (χ0n) is 9.07. The maximum absolute atomic E-state index is 12.9. The summed E-state index contributed by atoms with van der Waals surface area (Å²) in [6, 6.07) is 8.73. The Hall–Kier alpha value is -1.58. The lowest BCUT2D eigenvalue weighted by Crippen LogP contribution is -1.82. The van der Waals surface area contributed by atoms with Crippen molar-refractivity contribution in [1.29, 1.82) is 0 Å². The topological polar surface area (TPSA) is 32.6 Å². The Bertz CT molecular complexity index is 614. The summed E-state index contributed by atoms with van der Waals surface area (Å²) in [6.07, 6.45) is 1.44. The highest BCUT2D eigenvalue weighted by Crippen LogP contribution is 2.23. The second-order valence-electron chi connectivity index (χ2n) is 3.56. The van der Waals surface area contributed by atoms with Crippen molar-refractivity contribution in [3.63, 3.8) is 0 Å². The first-order valence-corrected chi connectivity index (χ1v) is 5.79. The van der Waals surface area contributed by atoms with Crippen molar-refractivity contribution in [1.82, 2.24) is 0 Å². The predicted octanol–water partition coefficient (Wildman–Crippen LogP) is 4.59. The van der Waals surface area contributed by atoms with E-state index in [1.807, 2.05) is 0 Å². The predicted molar refractivity (Wildman–Crippen MR) is 71.8 cm³/mol. The van der Waals surface area contributed by atoms with Crippen LogP contribution in [0.25, 0.3) is 0 Å². The van der Waals surface area contributed by atoms with Crippen LogP contribution >= 0.6 is 23.2 Å². The zero-order valence-corrected chi connectivity index (χ0v) is 10.6. The molecule has 0 aliphatic rings. The lowest BCUT2D eigenvalue weighted by atomic mass is 10.2. The lowest BCUT2D eigenvalue weighted by Gasteiger charge is -2.00. The molecule has 2 aromatic rings. The minimum absolute atomic E-state index is 0.0000315. The van der Waals surface area contributed by atoms with E-state index in [1.165, 1.54) is 30.5 Å². The van der Waals surface area contributed by atoms with Crippen molar-refractivity contribution in [2.24, 2.45) is 4.99 Å². The molecule has 0 unspecified atom stereocenters. The van der Waals surface area contributed by atoms with E-state index in [1.54, 1.807) is 12.1 Å². The van der Waals surface area contributed by atoms with E-state index in [9.17, 15) is 9.50 Å². The number of rotatable bonds is 2. The maximum atomic E-state index is 12.9. The second-order valence-corrected chi connectivity index (χ2v) is 4.40. The SMILES string of the molecule is Oc1ccc(Cl)cc1C=Nc1ccc(F)c(Cl)c1. The van der Waals surface area contributed by atoms with Gasteiger partial charge in [-0.05, 0) is 36.4 Å². The molecule has 0 radical (unpaired) electrons. The molecule has 5 heteroatoms. The molecular weight excluding hydrogens is 276 g/mol. The first kappa shape index (κ1) is 12.9. The van der Waals surface area contributed by atoms with Gasteiger partial charge in [-0.3, -0.25) is 4.99 Å². The van der Waals surface area contributed by atoms with Crippen LogP contribution in [0, 0.1) is 5.82 Å². The fourth-order valence-corrected chi connectivity index (χ4v) is 1.69. The lowest BCUT2D eigenvalue weighted by molar-refractivity contribution is 0.474. The molecule has 0 bridgehead atoms. The summed E-state index contributed by atoms with van der Waals surface area (Å²) < 4.78 is 12.9. The molecular formula is C13H8Cl2FNO. The highest BCUT2D eigenvalue weighted by atomic mass is 35.5. The summed E-state index contributed by atoms with van der Waals surface area (Å²) in [6.45, 7) is 0. The Kier molecular flexibility index (Phi) is 3.84. The number of hydrogen-bond donors (Lipinski definition) is 1. The second kappa shape index (κ2) is 5.38. The van der Waals surface area contributed by atoms with Crippen LogP contribution in [0.5, 0.6) is 5.75 Å². The highest BCUT2D eigenvalue weighted by molar-refractivity contribution is 6.31. The van der Waals surface area contributed by atoms with E-state index in [0.29, 0.717) is 16.3 Å². The summed E-state index contributed by atoms with van der Waals surface area (Å²) in [4.78, 5) is 4.09. The van der Waals surface area contributed by atoms with E-state index in [-0.39, 0.29) is 10.8 Å². The molecule has 2 nitrogen and oxygen atoms in total. The van der Waals surface area contributed by atoms with Crippen LogP contribution in [0.3, 0.4) is 0 Å². The van der Waals surface area contributed by atoms with Crippen LogP contribution in [0.2, 0.25) is 10.0 Å². The van der Waals surface area contributed by atoms with Gasteiger partial charge in [0.25, 0.3) is 0 Å². The molecule has 18 heavy (non-hydrogen) atoms. The van der Waals surface area contributed by atoms with Crippen LogP contribution in [-0.2, 0) is 0 Å². The average molecular weight is 284 g/mol. The molecule has 0 amide bonds. The molecule has 0 atom stereocenters. The van der Waals surface area contributed by atoms with Crippen LogP contribution < -0.4 is 0 Å². The van der Waals surface area contributed by atoms with Crippen LogP contribution in [-0.4, -0.2) is 11.3 Å². The van der Waals surface area contributed by atoms with Gasteiger partial charge in [0.2, 0.25) is 0 Å². The number of phenols is 1. The van der Waals surface area contributed by atoms with Gasteiger partial charge < -0.3 is 5.11 Å². The van der Waals surface area contributed by atoms with Crippen molar-refractivity contribution in [2.45, 2.75) is 0 Å². The number of phenolic OH excluding ortho intramolecular Hbond substituents is 1. The molecule has 0 aromatic heterocycles. The average Bonchev–Trinajstić information content (AvgIpc) is 2.34. The molecule has 0 aliphatic heterocycles. The molecule has 92 valence electrons. The van der Waals surface area contributed by atoms with E-state index in [0.717, 1.165) is 0 Å². The van der Waals surface area contributed by atoms with Crippen molar-refractivity contribution >= 4 is 35.1 Å². The molecule has 0 spiro atoms. The van der Waals surface area contributed by atoms with Gasteiger partial charge in [0.1, 0.15) is 11.6 Å². The van der Waals surface area contributed by atoms with Crippen molar-refractivity contribution < 1.29 is 9.50 Å². The first-order valence-electron chi connectivity index (χ1n) is 5.04. The number of nitrogens with zero attached hydrogens (tertiary/aromatic N) is 1. The van der Waals surface area contributed by atoms with E-state index >= 15 is 0 Å². The van der Waals surface area contributed by atoms with E-state index in [4.69, 9.17) is 23.2 Å². The van der Waals surface area contributed by atoms with Gasteiger partial charge in [0.05, 0.1) is 10.7 Å². The van der Waals surface area contributed by atoms with Gasteiger partial charge >= 0.3 is 0 Å². The summed E-state index contributed by atoms with van der Waals surface area (Å²) in [5.41, 5.74) is 0.962. The Morgan fingerprint density at radius 3 is 2.61 bits per heavy atom. The molecule has 1 N–H and O–H groups in total. The number of hydrogen-bond acceptors (Lipinski definition) is 2. The third-order valence-corrected chi connectivity index (χ3v) is 2.77. The van der Waals surface area contributed by atoms with Gasteiger partial charge in [0, 0.05) is 16.8 Å². The fourth-order valence-electron chi connectivity index (χ4n) is 1.34. The Morgan fingerprint density at radius 2 is 1.89 bits per heavy atom. The Morgan fingerprint density at radius 1 is 1.11 bits per heavy atom. The Labute approximate surface area is 113 Å². The van der Waals surface area contributed by atoms with E-state index in [2.05, 4.69) is 4.99 Å². The normalized spacial score (nSPS) is 11.1. The van der Waals surface area contributed by atoms with Gasteiger partial charge in [-0.15, -0.1) is 0 Å². The van der Waals surface area contributed by atoms with Crippen molar-refractivity contribution in [3.05, 3.63) is 57.8 Å². The van der Waals surface area contributed by atoms with Crippen LogP contribution in [0.4, 0.5) is 10.1 Å². The molecule has 0 aliphatic carbocycles. The fraction of sp³-hybridized carbons (Fsp3) is 0. The summed E-state index contributed by atoms with van der Waals surface area (Å²) >= 11 is 11.4. The monoisotopic (exact) mass is 283 g/mol. The summed E-state index contributed by atoms with van der Waals surface area (Å²) in [7, 11) is 0. The number of benzene rings is 2. The van der Waals surface area contributed by atoms with Gasteiger partial charge in [0.15, 0.2) is 0 Å². The van der Waals surface area contributed by atoms with Gasteiger partial charge in [-0.25, -0.2) is 4.39 Å². The Balaban J connectivity index is 2.29. The summed E-state index contributed by atoms with van der Waals surface area (Å²) in [5.74, 6) is -0.433.